The Morgan fingerprint density at radius 1 is 1.26 bits per heavy atom. The summed E-state index contributed by atoms with van der Waals surface area (Å²) in [5, 5.41) is 0. The molecule has 19 heavy (non-hydrogen) atoms. The van der Waals surface area contributed by atoms with Crippen LogP contribution < -0.4 is 4.74 Å². The number of likely N-dealkylation sites (tertiary alicyclic amines) is 1. The van der Waals surface area contributed by atoms with Gasteiger partial charge in [-0.3, -0.25) is 4.90 Å². The normalized spacial score (nSPS) is 23.2. The highest BCUT2D eigenvalue weighted by atomic mass is 16.5. The lowest BCUT2D eigenvalue weighted by atomic mass is 10.0. The number of nitrogens with zero attached hydrogens (tertiary/aromatic N) is 1. The number of hydrogen-bond donors (Lipinski definition) is 0. The summed E-state index contributed by atoms with van der Waals surface area (Å²) in [6, 6.07) is 7.15. The summed E-state index contributed by atoms with van der Waals surface area (Å²) in [5.74, 6) is 2.04. The van der Waals surface area contributed by atoms with Crippen LogP contribution in [0.2, 0.25) is 0 Å². The van der Waals surface area contributed by atoms with Gasteiger partial charge < -0.3 is 4.74 Å². The average molecular weight is 259 g/mol. The molecular formula is C17H25NO. The average Bonchev–Trinajstić information content (AvgIpc) is 3.21. The van der Waals surface area contributed by atoms with Crippen LogP contribution in [0.4, 0.5) is 0 Å². The van der Waals surface area contributed by atoms with Crippen molar-refractivity contribution in [3.63, 3.8) is 0 Å². The van der Waals surface area contributed by atoms with Gasteiger partial charge in [-0.15, -0.1) is 0 Å². The maximum absolute atomic E-state index is 6.00. The maximum Gasteiger partial charge on any atom is 0.119 e. The zero-order valence-electron chi connectivity index (χ0n) is 12.2. The van der Waals surface area contributed by atoms with Crippen LogP contribution >= 0.6 is 0 Å². The minimum absolute atomic E-state index is 0.659. The molecule has 1 aromatic rings. The molecule has 0 N–H and O–H groups in total. The fraction of sp³-hybridized carbons (Fsp3) is 0.647. The predicted molar refractivity (Wildman–Crippen MR) is 78.8 cm³/mol. The first-order chi connectivity index (χ1) is 9.26. The van der Waals surface area contributed by atoms with Gasteiger partial charge in [0.2, 0.25) is 0 Å². The molecule has 1 aromatic carbocycles. The molecule has 1 saturated heterocycles. The van der Waals surface area contributed by atoms with E-state index in [9.17, 15) is 0 Å². The molecule has 1 saturated carbocycles. The van der Waals surface area contributed by atoms with Gasteiger partial charge >= 0.3 is 0 Å². The van der Waals surface area contributed by atoms with Crippen LogP contribution in [0.3, 0.4) is 0 Å². The van der Waals surface area contributed by atoms with Crippen molar-refractivity contribution >= 4 is 0 Å². The third-order valence-electron chi connectivity index (χ3n) is 4.60. The van der Waals surface area contributed by atoms with Gasteiger partial charge in [-0.25, -0.2) is 0 Å². The molecule has 2 heteroatoms. The largest absolute Gasteiger partial charge is 0.492 e. The summed E-state index contributed by atoms with van der Waals surface area (Å²) in [4.78, 5) is 2.60. The van der Waals surface area contributed by atoms with E-state index in [1.54, 1.807) is 0 Å². The van der Waals surface area contributed by atoms with E-state index in [2.05, 4.69) is 36.9 Å². The Kier molecular flexibility index (Phi) is 3.79. The van der Waals surface area contributed by atoms with Crippen molar-refractivity contribution in [3.8, 4) is 5.75 Å². The lowest BCUT2D eigenvalue weighted by Gasteiger charge is -2.40. The van der Waals surface area contributed by atoms with Crippen LogP contribution in [0.1, 0.15) is 37.3 Å². The first-order valence-electron chi connectivity index (χ1n) is 7.72. The molecule has 1 unspecified atom stereocenters. The lowest BCUT2D eigenvalue weighted by molar-refractivity contribution is 0.0466. The van der Waals surface area contributed by atoms with Gasteiger partial charge in [0, 0.05) is 19.1 Å². The summed E-state index contributed by atoms with van der Waals surface area (Å²) in [6.07, 6.45) is 5.28. The van der Waals surface area contributed by atoms with E-state index < -0.39 is 0 Å². The lowest BCUT2D eigenvalue weighted by Crippen LogP contribution is -2.51. The highest BCUT2D eigenvalue weighted by Gasteiger charge is 2.33. The molecule has 0 radical (unpaired) electrons. The molecule has 1 aliphatic heterocycles. The molecule has 2 fully saturated rings. The topological polar surface area (TPSA) is 12.5 Å². The summed E-state index contributed by atoms with van der Waals surface area (Å²) in [5.41, 5.74) is 2.77. The molecular weight excluding hydrogens is 234 g/mol. The van der Waals surface area contributed by atoms with E-state index in [0.29, 0.717) is 6.04 Å². The van der Waals surface area contributed by atoms with Crippen molar-refractivity contribution in [3.05, 3.63) is 29.3 Å². The van der Waals surface area contributed by atoms with Crippen LogP contribution in [0.5, 0.6) is 5.75 Å². The first-order valence-corrected chi connectivity index (χ1v) is 7.72. The van der Waals surface area contributed by atoms with E-state index in [0.717, 1.165) is 24.7 Å². The number of rotatable bonds is 6. The Balaban J connectivity index is 1.51. The number of aryl methyl sites for hydroxylation is 2. The van der Waals surface area contributed by atoms with Crippen molar-refractivity contribution in [1.29, 1.82) is 0 Å². The van der Waals surface area contributed by atoms with Gasteiger partial charge in [0.1, 0.15) is 12.4 Å². The Bertz CT molecular complexity index is 439. The number of hydrogen-bond acceptors (Lipinski definition) is 2. The Labute approximate surface area is 116 Å². The van der Waals surface area contributed by atoms with E-state index in [1.807, 2.05) is 0 Å². The van der Waals surface area contributed by atoms with Crippen LogP contribution in [0, 0.1) is 12.8 Å². The molecule has 1 aliphatic carbocycles. The Morgan fingerprint density at radius 2 is 2.11 bits per heavy atom. The predicted octanol–water partition coefficient (Wildman–Crippen LogP) is 3.42. The maximum atomic E-state index is 6.00. The van der Waals surface area contributed by atoms with Gasteiger partial charge in [0.15, 0.2) is 0 Å². The zero-order chi connectivity index (χ0) is 13.2. The molecule has 1 atom stereocenters. The second-order valence-electron chi connectivity index (χ2n) is 6.13. The highest BCUT2D eigenvalue weighted by molar-refractivity contribution is 5.34. The zero-order valence-corrected chi connectivity index (χ0v) is 12.2. The third-order valence-corrected chi connectivity index (χ3v) is 4.60. The molecule has 2 aliphatic rings. The van der Waals surface area contributed by atoms with E-state index in [4.69, 9.17) is 4.74 Å². The minimum Gasteiger partial charge on any atom is -0.492 e. The second-order valence-corrected chi connectivity index (χ2v) is 6.13. The highest BCUT2D eigenvalue weighted by Crippen LogP contribution is 2.33. The second kappa shape index (κ2) is 5.54. The van der Waals surface area contributed by atoms with E-state index >= 15 is 0 Å². The third kappa shape index (κ3) is 3.11. The molecule has 0 amide bonds. The molecule has 104 valence electrons. The van der Waals surface area contributed by atoms with Crippen LogP contribution in [0.25, 0.3) is 0 Å². The Hall–Kier alpha value is -1.02. The molecule has 0 bridgehead atoms. The summed E-state index contributed by atoms with van der Waals surface area (Å²) < 4.78 is 6.00. The van der Waals surface area contributed by atoms with Gasteiger partial charge in [0.05, 0.1) is 0 Å². The van der Waals surface area contributed by atoms with Crippen molar-refractivity contribution < 1.29 is 4.74 Å². The smallest absolute Gasteiger partial charge is 0.119 e. The van der Waals surface area contributed by atoms with E-state index in [-0.39, 0.29) is 0 Å². The van der Waals surface area contributed by atoms with Crippen molar-refractivity contribution in [1.82, 2.24) is 4.90 Å². The molecule has 0 aromatic heterocycles. The quantitative estimate of drug-likeness (QED) is 0.776. The van der Waals surface area contributed by atoms with Crippen LogP contribution in [0.15, 0.2) is 18.2 Å². The SMILES string of the molecule is CCc1cc(OCC2CCN2CC2CC2)ccc1C. The molecule has 1 heterocycles. The summed E-state index contributed by atoms with van der Waals surface area (Å²) >= 11 is 0. The fourth-order valence-corrected chi connectivity index (χ4v) is 2.87. The monoisotopic (exact) mass is 259 g/mol. The summed E-state index contributed by atoms with van der Waals surface area (Å²) in [6.45, 7) is 7.82. The number of benzene rings is 1. The van der Waals surface area contributed by atoms with Gasteiger partial charge in [-0.05, 0) is 61.8 Å². The molecule has 2 nitrogen and oxygen atoms in total. The Morgan fingerprint density at radius 3 is 2.74 bits per heavy atom. The van der Waals surface area contributed by atoms with Gasteiger partial charge in [-0.2, -0.15) is 0 Å². The number of ether oxygens (including phenoxy) is 1. The first kappa shape index (κ1) is 13.0. The minimum atomic E-state index is 0.659. The standard InChI is InChI=1S/C17H25NO/c1-3-15-10-17(7-4-13(15)2)19-12-16-8-9-18(16)11-14-5-6-14/h4,7,10,14,16H,3,5-6,8-9,11-12H2,1-2H3. The van der Waals surface area contributed by atoms with Crippen molar-refractivity contribution in [2.24, 2.45) is 5.92 Å². The van der Waals surface area contributed by atoms with Crippen LogP contribution in [-0.2, 0) is 6.42 Å². The van der Waals surface area contributed by atoms with Crippen LogP contribution in [-0.4, -0.2) is 30.6 Å². The van der Waals surface area contributed by atoms with E-state index in [1.165, 1.54) is 43.5 Å². The van der Waals surface area contributed by atoms with Crippen molar-refractivity contribution in [2.75, 3.05) is 19.7 Å². The van der Waals surface area contributed by atoms with Gasteiger partial charge in [-0.1, -0.05) is 13.0 Å². The molecule has 0 spiro atoms. The van der Waals surface area contributed by atoms with Gasteiger partial charge in [0.25, 0.3) is 0 Å². The summed E-state index contributed by atoms with van der Waals surface area (Å²) in [7, 11) is 0. The fourth-order valence-electron chi connectivity index (χ4n) is 2.87. The molecule has 3 rings (SSSR count). The van der Waals surface area contributed by atoms with Crippen molar-refractivity contribution in [2.45, 2.75) is 45.6 Å².